The number of carbonyl (C=O) groups is 1. The molecule has 0 atom stereocenters. The number of halogens is 1. The molecule has 0 saturated carbocycles. The predicted octanol–water partition coefficient (Wildman–Crippen LogP) is 2.46. The Labute approximate surface area is 99.1 Å². The van der Waals surface area contributed by atoms with Crippen LogP contribution in [0.3, 0.4) is 0 Å². The highest BCUT2D eigenvalue weighted by molar-refractivity contribution is 6.31. The standard InChI is InChI=1S/C12H12ClNO2/c1-6-7(2)14-11(13)10-5-8(4-9(6)10)12(15)16-3/h5H,4H2,1-3H3. The minimum atomic E-state index is -0.302. The van der Waals surface area contributed by atoms with Crippen molar-refractivity contribution in [2.24, 2.45) is 0 Å². The van der Waals surface area contributed by atoms with Crippen molar-refractivity contribution in [1.29, 1.82) is 0 Å². The molecule has 0 saturated heterocycles. The van der Waals surface area contributed by atoms with Gasteiger partial charge in [-0.2, -0.15) is 0 Å². The smallest absolute Gasteiger partial charge is 0.334 e. The number of ether oxygens (including phenoxy) is 1. The molecule has 1 heterocycles. The number of aromatic nitrogens is 1. The van der Waals surface area contributed by atoms with E-state index in [-0.39, 0.29) is 5.97 Å². The molecule has 0 spiro atoms. The van der Waals surface area contributed by atoms with Crippen LogP contribution >= 0.6 is 11.6 Å². The first-order valence-corrected chi connectivity index (χ1v) is 5.37. The van der Waals surface area contributed by atoms with Gasteiger partial charge in [-0.3, -0.25) is 0 Å². The zero-order valence-electron chi connectivity index (χ0n) is 9.43. The maximum atomic E-state index is 11.4. The highest BCUT2D eigenvalue weighted by Gasteiger charge is 2.24. The third-order valence-corrected chi connectivity index (χ3v) is 3.23. The molecule has 4 heteroatoms. The number of carbonyl (C=O) groups excluding carboxylic acids is 1. The molecule has 0 bridgehead atoms. The van der Waals surface area contributed by atoms with Gasteiger partial charge in [-0.15, -0.1) is 0 Å². The predicted molar refractivity (Wildman–Crippen MR) is 62.4 cm³/mol. The summed E-state index contributed by atoms with van der Waals surface area (Å²) in [7, 11) is 1.38. The van der Waals surface area contributed by atoms with Gasteiger partial charge in [0, 0.05) is 23.3 Å². The van der Waals surface area contributed by atoms with Crippen LogP contribution in [0.4, 0.5) is 0 Å². The van der Waals surface area contributed by atoms with E-state index in [1.54, 1.807) is 6.08 Å². The number of pyridine rings is 1. The van der Waals surface area contributed by atoms with E-state index in [4.69, 9.17) is 16.3 Å². The highest BCUT2D eigenvalue weighted by Crippen LogP contribution is 2.33. The maximum absolute atomic E-state index is 11.4. The second-order valence-corrected chi connectivity index (χ2v) is 4.20. The van der Waals surface area contributed by atoms with Crippen molar-refractivity contribution >= 4 is 23.6 Å². The van der Waals surface area contributed by atoms with E-state index in [1.807, 2.05) is 13.8 Å². The topological polar surface area (TPSA) is 39.2 Å². The first kappa shape index (κ1) is 11.1. The Hall–Kier alpha value is -1.35. The summed E-state index contributed by atoms with van der Waals surface area (Å²) in [6.07, 6.45) is 2.35. The average Bonchev–Trinajstić information content (AvgIpc) is 2.70. The number of esters is 1. The summed E-state index contributed by atoms with van der Waals surface area (Å²) in [5.41, 5.74) is 4.57. The van der Waals surface area contributed by atoms with Gasteiger partial charge in [0.05, 0.1) is 7.11 Å². The largest absolute Gasteiger partial charge is 0.466 e. The van der Waals surface area contributed by atoms with Gasteiger partial charge in [0.1, 0.15) is 5.15 Å². The molecule has 2 rings (SSSR count). The molecule has 1 aromatic heterocycles. The van der Waals surface area contributed by atoms with Gasteiger partial charge in [-0.05, 0) is 31.1 Å². The van der Waals surface area contributed by atoms with E-state index in [0.717, 1.165) is 22.4 Å². The Morgan fingerprint density at radius 3 is 2.81 bits per heavy atom. The van der Waals surface area contributed by atoms with Crippen LogP contribution in [-0.4, -0.2) is 18.1 Å². The van der Waals surface area contributed by atoms with Crippen molar-refractivity contribution in [1.82, 2.24) is 4.98 Å². The second-order valence-electron chi connectivity index (χ2n) is 3.84. The van der Waals surface area contributed by atoms with Crippen molar-refractivity contribution in [2.45, 2.75) is 20.3 Å². The van der Waals surface area contributed by atoms with Gasteiger partial charge in [0.25, 0.3) is 0 Å². The molecule has 1 aromatic rings. The zero-order valence-corrected chi connectivity index (χ0v) is 10.2. The lowest BCUT2D eigenvalue weighted by atomic mass is 10.0. The summed E-state index contributed by atoms with van der Waals surface area (Å²) < 4.78 is 4.70. The van der Waals surface area contributed by atoms with E-state index in [0.29, 0.717) is 17.1 Å². The molecule has 0 fully saturated rings. The summed E-state index contributed by atoms with van der Waals surface area (Å²) in [6.45, 7) is 3.91. The monoisotopic (exact) mass is 237 g/mol. The first-order valence-electron chi connectivity index (χ1n) is 4.99. The van der Waals surface area contributed by atoms with Gasteiger partial charge in [0.15, 0.2) is 0 Å². The minimum Gasteiger partial charge on any atom is -0.466 e. The Balaban J connectivity index is 2.51. The molecule has 0 amide bonds. The summed E-state index contributed by atoms with van der Waals surface area (Å²) in [6, 6.07) is 0. The van der Waals surface area contributed by atoms with Crippen molar-refractivity contribution in [3.63, 3.8) is 0 Å². The zero-order chi connectivity index (χ0) is 11.9. The van der Waals surface area contributed by atoms with Gasteiger partial charge < -0.3 is 4.74 Å². The third-order valence-electron chi connectivity index (χ3n) is 2.94. The van der Waals surface area contributed by atoms with Crippen LogP contribution in [-0.2, 0) is 16.0 Å². The van der Waals surface area contributed by atoms with Crippen LogP contribution in [0.25, 0.3) is 6.08 Å². The quantitative estimate of drug-likeness (QED) is 0.556. The number of nitrogens with zero attached hydrogens (tertiary/aromatic N) is 1. The highest BCUT2D eigenvalue weighted by atomic mass is 35.5. The van der Waals surface area contributed by atoms with Crippen molar-refractivity contribution in [3.05, 3.63) is 33.1 Å². The lowest BCUT2D eigenvalue weighted by Crippen LogP contribution is -2.05. The molecule has 0 aliphatic heterocycles. The fourth-order valence-corrected chi connectivity index (χ4v) is 2.18. The van der Waals surface area contributed by atoms with E-state index in [1.165, 1.54) is 7.11 Å². The Morgan fingerprint density at radius 2 is 2.19 bits per heavy atom. The lowest BCUT2D eigenvalue weighted by Gasteiger charge is -2.08. The molecular weight excluding hydrogens is 226 g/mol. The van der Waals surface area contributed by atoms with E-state index in [9.17, 15) is 4.79 Å². The van der Waals surface area contributed by atoms with Crippen LogP contribution in [0.2, 0.25) is 5.15 Å². The number of methoxy groups -OCH3 is 1. The number of hydrogen-bond donors (Lipinski definition) is 0. The average molecular weight is 238 g/mol. The molecular formula is C12H12ClNO2. The van der Waals surface area contributed by atoms with Crippen LogP contribution in [0.1, 0.15) is 22.4 Å². The maximum Gasteiger partial charge on any atom is 0.334 e. The molecule has 0 N–H and O–H groups in total. The van der Waals surface area contributed by atoms with E-state index < -0.39 is 0 Å². The third kappa shape index (κ3) is 1.61. The second kappa shape index (κ2) is 3.91. The van der Waals surface area contributed by atoms with Gasteiger partial charge >= 0.3 is 5.97 Å². The summed E-state index contributed by atoms with van der Waals surface area (Å²) in [4.78, 5) is 15.7. The lowest BCUT2D eigenvalue weighted by molar-refractivity contribution is -0.136. The Bertz CT molecular complexity index is 506. The molecule has 1 aliphatic rings. The van der Waals surface area contributed by atoms with E-state index >= 15 is 0 Å². The minimum absolute atomic E-state index is 0.302. The van der Waals surface area contributed by atoms with Crippen molar-refractivity contribution < 1.29 is 9.53 Å². The Kier molecular flexibility index (Phi) is 2.72. The fourth-order valence-electron chi connectivity index (χ4n) is 1.89. The SMILES string of the molecule is COC(=O)C1=Cc2c(Cl)nc(C)c(C)c2C1. The summed E-state index contributed by atoms with van der Waals surface area (Å²) in [5, 5.41) is 0.456. The van der Waals surface area contributed by atoms with Crippen molar-refractivity contribution in [3.8, 4) is 0 Å². The van der Waals surface area contributed by atoms with Crippen LogP contribution in [0, 0.1) is 13.8 Å². The summed E-state index contributed by atoms with van der Waals surface area (Å²) in [5.74, 6) is -0.302. The summed E-state index contributed by atoms with van der Waals surface area (Å²) >= 11 is 6.05. The number of hydrogen-bond acceptors (Lipinski definition) is 3. The number of aryl methyl sites for hydroxylation is 1. The molecule has 84 valence electrons. The molecule has 16 heavy (non-hydrogen) atoms. The van der Waals surface area contributed by atoms with Crippen molar-refractivity contribution in [2.75, 3.05) is 7.11 Å². The number of rotatable bonds is 1. The van der Waals surface area contributed by atoms with Crippen LogP contribution < -0.4 is 0 Å². The number of fused-ring (bicyclic) bond motifs is 1. The molecule has 0 aromatic carbocycles. The molecule has 0 radical (unpaired) electrons. The molecule has 3 nitrogen and oxygen atoms in total. The van der Waals surface area contributed by atoms with Crippen LogP contribution in [0.5, 0.6) is 0 Å². The van der Waals surface area contributed by atoms with Gasteiger partial charge in [0.2, 0.25) is 0 Å². The molecule has 0 unspecified atom stereocenters. The Morgan fingerprint density at radius 1 is 1.50 bits per heavy atom. The first-order chi connectivity index (χ1) is 7.54. The van der Waals surface area contributed by atoms with Gasteiger partial charge in [-0.25, -0.2) is 9.78 Å². The normalized spacial score (nSPS) is 13.4. The molecule has 1 aliphatic carbocycles. The fraction of sp³-hybridized carbons (Fsp3) is 0.333. The van der Waals surface area contributed by atoms with Crippen LogP contribution in [0.15, 0.2) is 5.57 Å². The van der Waals surface area contributed by atoms with Gasteiger partial charge in [-0.1, -0.05) is 11.6 Å². The van der Waals surface area contributed by atoms with E-state index in [2.05, 4.69) is 4.98 Å².